The third kappa shape index (κ3) is 3.35. The van der Waals surface area contributed by atoms with E-state index in [1.807, 2.05) is 12.1 Å². The smallest absolute Gasteiger partial charge is 0.295 e. The fraction of sp³-hybridized carbons (Fsp3) is 0.474. The van der Waals surface area contributed by atoms with Gasteiger partial charge >= 0.3 is 0 Å². The van der Waals surface area contributed by atoms with Crippen LogP contribution in [0.1, 0.15) is 35.3 Å². The number of carbonyl (C=O) groups is 2. The average Bonchev–Trinajstić information content (AvgIpc) is 2.96. The summed E-state index contributed by atoms with van der Waals surface area (Å²) in [7, 11) is 0. The maximum absolute atomic E-state index is 12.8. The SMILES string of the molecule is Cc1[nH]c2ccccc2c1C(=O)C(=O)N1CCC(CO)(CC(F)F)CC1. The van der Waals surface area contributed by atoms with Gasteiger partial charge in [0.1, 0.15) is 0 Å². The molecule has 26 heavy (non-hydrogen) atoms. The Bertz CT molecular complexity index is 823. The number of aliphatic hydroxyl groups excluding tert-OH is 1. The lowest BCUT2D eigenvalue weighted by Gasteiger charge is -2.40. The van der Waals surface area contributed by atoms with Crippen LogP contribution >= 0.6 is 0 Å². The molecule has 7 heteroatoms. The molecule has 2 aromatic rings. The second-order valence-corrected chi connectivity index (χ2v) is 7.05. The van der Waals surface area contributed by atoms with Crippen LogP contribution in [-0.2, 0) is 4.79 Å². The lowest BCUT2D eigenvalue weighted by Crippen LogP contribution is -2.47. The molecule has 0 unspecified atom stereocenters. The number of nitrogens with one attached hydrogen (secondary N) is 1. The van der Waals surface area contributed by atoms with Gasteiger partial charge in [0, 0.05) is 48.1 Å². The van der Waals surface area contributed by atoms with E-state index in [-0.39, 0.29) is 39.0 Å². The number of benzene rings is 1. The lowest BCUT2D eigenvalue weighted by molar-refractivity contribution is -0.129. The van der Waals surface area contributed by atoms with E-state index < -0.39 is 23.5 Å². The van der Waals surface area contributed by atoms with E-state index in [0.717, 1.165) is 5.52 Å². The predicted octanol–water partition coefficient (Wildman–Crippen LogP) is 2.92. The molecule has 0 aliphatic carbocycles. The van der Waals surface area contributed by atoms with Crippen molar-refractivity contribution in [2.45, 2.75) is 32.6 Å². The average molecular weight is 364 g/mol. The van der Waals surface area contributed by atoms with Gasteiger partial charge in [0.25, 0.3) is 11.7 Å². The van der Waals surface area contributed by atoms with Crippen molar-refractivity contribution < 1.29 is 23.5 Å². The van der Waals surface area contributed by atoms with Crippen LogP contribution in [0.2, 0.25) is 0 Å². The number of nitrogens with zero attached hydrogens (tertiary/aromatic N) is 1. The number of likely N-dealkylation sites (tertiary alicyclic amines) is 1. The van der Waals surface area contributed by atoms with E-state index >= 15 is 0 Å². The number of hydrogen-bond acceptors (Lipinski definition) is 3. The van der Waals surface area contributed by atoms with Crippen LogP contribution in [0.4, 0.5) is 8.78 Å². The van der Waals surface area contributed by atoms with Gasteiger partial charge in [0.05, 0.1) is 5.56 Å². The van der Waals surface area contributed by atoms with E-state index in [1.165, 1.54) is 4.90 Å². The fourth-order valence-electron chi connectivity index (χ4n) is 3.76. The van der Waals surface area contributed by atoms with Crippen LogP contribution in [-0.4, -0.2) is 52.8 Å². The van der Waals surface area contributed by atoms with Gasteiger partial charge in [-0.05, 0) is 25.8 Å². The summed E-state index contributed by atoms with van der Waals surface area (Å²) in [5.41, 5.74) is 0.905. The number of rotatable bonds is 5. The summed E-state index contributed by atoms with van der Waals surface area (Å²) in [5.74, 6) is -1.22. The number of carbonyl (C=O) groups excluding carboxylic acids is 2. The van der Waals surface area contributed by atoms with Gasteiger partial charge in [0.2, 0.25) is 6.43 Å². The number of aryl methyl sites for hydroxylation is 1. The number of hydrogen-bond donors (Lipinski definition) is 2. The molecule has 1 aliphatic heterocycles. The number of H-pyrrole nitrogens is 1. The highest BCUT2D eigenvalue weighted by Gasteiger charge is 2.39. The Morgan fingerprint density at radius 1 is 1.27 bits per heavy atom. The minimum atomic E-state index is -2.50. The first-order valence-electron chi connectivity index (χ1n) is 8.67. The minimum absolute atomic E-state index is 0.194. The Morgan fingerprint density at radius 2 is 1.92 bits per heavy atom. The zero-order valence-corrected chi connectivity index (χ0v) is 14.6. The molecule has 2 N–H and O–H groups in total. The van der Waals surface area contributed by atoms with Gasteiger partial charge in [-0.3, -0.25) is 9.59 Å². The van der Waals surface area contributed by atoms with E-state index in [2.05, 4.69) is 4.98 Å². The topological polar surface area (TPSA) is 73.4 Å². The first-order chi connectivity index (χ1) is 12.4. The van der Waals surface area contributed by atoms with Crippen molar-refractivity contribution in [3.05, 3.63) is 35.5 Å². The van der Waals surface area contributed by atoms with Crippen LogP contribution in [0.25, 0.3) is 10.9 Å². The van der Waals surface area contributed by atoms with E-state index in [4.69, 9.17) is 0 Å². The second kappa shape index (κ2) is 7.15. The van der Waals surface area contributed by atoms with Crippen molar-refractivity contribution in [3.8, 4) is 0 Å². The number of aromatic nitrogens is 1. The van der Waals surface area contributed by atoms with Crippen molar-refractivity contribution in [2.75, 3.05) is 19.7 Å². The van der Waals surface area contributed by atoms with Crippen LogP contribution in [0.15, 0.2) is 24.3 Å². The summed E-state index contributed by atoms with van der Waals surface area (Å²) in [4.78, 5) is 29.9. The molecule has 0 atom stereocenters. The number of aromatic amines is 1. The lowest BCUT2D eigenvalue weighted by atomic mass is 9.76. The number of aliphatic hydroxyl groups is 1. The van der Waals surface area contributed by atoms with Crippen molar-refractivity contribution in [1.82, 2.24) is 9.88 Å². The van der Waals surface area contributed by atoms with Crippen molar-refractivity contribution in [3.63, 3.8) is 0 Å². The third-order valence-corrected chi connectivity index (χ3v) is 5.35. The van der Waals surface area contributed by atoms with Gasteiger partial charge in [-0.25, -0.2) is 8.78 Å². The monoisotopic (exact) mass is 364 g/mol. The number of Topliss-reactive ketones (excluding diaryl/α,β-unsaturated/α-hetero) is 1. The molecule has 1 aliphatic rings. The Morgan fingerprint density at radius 3 is 2.54 bits per heavy atom. The third-order valence-electron chi connectivity index (χ3n) is 5.35. The largest absolute Gasteiger partial charge is 0.396 e. The quantitative estimate of drug-likeness (QED) is 0.633. The zero-order valence-electron chi connectivity index (χ0n) is 14.6. The van der Waals surface area contributed by atoms with Gasteiger partial charge in [-0.15, -0.1) is 0 Å². The second-order valence-electron chi connectivity index (χ2n) is 7.05. The summed E-state index contributed by atoms with van der Waals surface area (Å²) in [6, 6.07) is 7.27. The number of ketones is 1. The number of alkyl halides is 2. The first-order valence-corrected chi connectivity index (χ1v) is 8.67. The summed E-state index contributed by atoms with van der Waals surface area (Å²) in [5, 5.41) is 10.2. The molecule has 2 heterocycles. The Hall–Kier alpha value is -2.28. The van der Waals surface area contributed by atoms with Gasteiger partial charge < -0.3 is 15.0 Å². The van der Waals surface area contributed by atoms with Crippen LogP contribution in [0.5, 0.6) is 0 Å². The number of fused-ring (bicyclic) bond motifs is 1. The van der Waals surface area contributed by atoms with E-state index in [1.54, 1.807) is 19.1 Å². The molecule has 1 saturated heterocycles. The summed E-state index contributed by atoms with van der Waals surface area (Å²) >= 11 is 0. The van der Waals surface area contributed by atoms with Gasteiger partial charge in [-0.2, -0.15) is 0 Å². The Labute approximate surface area is 150 Å². The highest BCUT2D eigenvalue weighted by molar-refractivity contribution is 6.45. The van der Waals surface area contributed by atoms with Gasteiger partial charge in [0.15, 0.2) is 0 Å². The highest BCUT2D eigenvalue weighted by Crippen LogP contribution is 2.37. The molecule has 0 radical (unpaired) electrons. The molecular formula is C19H22F2N2O3. The number of para-hydroxylation sites is 1. The molecule has 140 valence electrons. The normalized spacial score (nSPS) is 17.0. The first kappa shape index (κ1) is 18.5. The minimum Gasteiger partial charge on any atom is -0.396 e. The molecule has 1 aromatic carbocycles. The molecule has 5 nitrogen and oxygen atoms in total. The van der Waals surface area contributed by atoms with E-state index in [9.17, 15) is 23.5 Å². The highest BCUT2D eigenvalue weighted by atomic mass is 19.3. The zero-order chi connectivity index (χ0) is 18.9. The van der Waals surface area contributed by atoms with Crippen molar-refractivity contribution in [2.24, 2.45) is 5.41 Å². The maximum Gasteiger partial charge on any atom is 0.295 e. The molecule has 1 fully saturated rings. The van der Waals surface area contributed by atoms with Crippen LogP contribution in [0.3, 0.4) is 0 Å². The molecular weight excluding hydrogens is 342 g/mol. The number of amides is 1. The summed E-state index contributed by atoms with van der Waals surface area (Å²) in [6.07, 6.45) is -2.36. The maximum atomic E-state index is 12.8. The Balaban J connectivity index is 1.76. The van der Waals surface area contributed by atoms with E-state index in [0.29, 0.717) is 16.6 Å². The summed E-state index contributed by atoms with van der Waals surface area (Å²) in [6.45, 7) is 1.80. The predicted molar refractivity (Wildman–Crippen MR) is 93.3 cm³/mol. The van der Waals surface area contributed by atoms with Gasteiger partial charge in [-0.1, -0.05) is 18.2 Å². The van der Waals surface area contributed by atoms with Crippen LogP contribution in [0, 0.1) is 12.3 Å². The molecule has 0 spiro atoms. The Kier molecular flexibility index (Phi) is 5.09. The number of piperidine rings is 1. The molecule has 3 rings (SSSR count). The van der Waals surface area contributed by atoms with Crippen molar-refractivity contribution >= 4 is 22.6 Å². The fourth-order valence-corrected chi connectivity index (χ4v) is 3.76. The molecule has 0 saturated carbocycles. The molecule has 0 bridgehead atoms. The molecule has 1 aromatic heterocycles. The van der Waals surface area contributed by atoms with Crippen LogP contribution < -0.4 is 0 Å². The van der Waals surface area contributed by atoms with Crippen molar-refractivity contribution in [1.29, 1.82) is 0 Å². The molecule has 1 amide bonds. The standard InChI is InChI=1S/C19H22F2N2O3/c1-12-16(13-4-2-3-5-14(13)22-12)17(25)18(26)23-8-6-19(11-24,7-9-23)10-15(20)21/h2-5,15,22,24H,6-11H2,1H3. The summed E-state index contributed by atoms with van der Waals surface area (Å²) < 4.78 is 25.5. The number of halogens is 2.